The summed E-state index contributed by atoms with van der Waals surface area (Å²) in [5.74, 6) is -2.00. The molecule has 4 aromatic rings. The largest absolute Gasteiger partial charge is 0.497 e. The van der Waals surface area contributed by atoms with Gasteiger partial charge in [0.25, 0.3) is 10.0 Å². The molecular formula is C35H37ClF5N5O4S. The zero-order chi connectivity index (χ0) is 37.1. The number of anilines is 2. The summed E-state index contributed by atoms with van der Waals surface area (Å²) in [6.45, 7) is 0.293. The van der Waals surface area contributed by atoms with Crippen LogP contribution in [0.1, 0.15) is 36.0 Å². The Morgan fingerprint density at radius 1 is 1.00 bits per heavy atom. The molecule has 1 atom stereocenters. The minimum Gasteiger partial charge on any atom is -0.497 e. The van der Waals surface area contributed by atoms with Gasteiger partial charge in [0, 0.05) is 48.2 Å². The Bertz CT molecular complexity index is 1950. The van der Waals surface area contributed by atoms with Crippen LogP contribution in [0.2, 0.25) is 5.02 Å². The van der Waals surface area contributed by atoms with Gasteiger partial charge >= 0.3 is 6.18 Å². The Hall–Kier alpha value is -4.21. The molecule has 1 fully saturated rings. The van der Waals surface area contributed by atoms with E-state index in [4.69, 9.17) is 21.1 Å². The number of hydrogen-bond donors (Lipinski definition) is 0. The Morgan fingerprint density at radius 3 is 2.33 bits per heavy atom. The number of likely N-dealkylation sites (N-methyl/N-ethyl adjacent to an activating group) is 1. The molecule has 5 rings (SSSR count). The Labute approximate surface area is 298 Å². The highest BCUT2D eigenvalue weighted by atomic mass is 35.5. The van der Waals surface area contributed by atoms with Crippen LogP contribution >= 0.6 is 11.6 Å². The molecule has 0 spiro atoms. The Balaban J connectivity index is 1.46. The second-order valence-corrected chi connectivity index (χ2v) is 14.6. The lowest BCUT2D eigenvalue weighted by Gasteiger charge is -2.48. The van der Waals surface area contributed by atoms with Gasteiger partial charge < -0.3 is 19.3 Å². The van der Waals surface area contributed by atoms with Crippen molar-refractivity contribution in [2.75, 3.05) is 50.6 Å². The number of sulfonamides is 1. The smallest absolute Gasteiger partial charge is 0.417 e. The minimum atomic E-state index is -4.91. The summed E-state index contributed by atoms with van der Waals surface area (Å²) in [7, 11) is 1.63. The van der Waals surface area contributed by atoms with E-state index in [-0.39, 0.29) is 41.8 Å². The summed E-state index contributed by atoms with van der Waals surface area (Å²) in [6, 6.07) is 11.8. The lowest BCUT2D eigenvalue weighted by atomic mass is 9.82. The number of ether oxygens (including phenoxy) is 2. The summed E-state index contributed by atoms with van der Waals surface area (Å²) in [5.41, 5.74) is -0.672. The van der Waals surface area contributed by atoms with Gasteiger partial charge in [-0.15, -0.1) is 0 Å². The molecule has 16 heteroatoms. The highest BCUT2D eigenvalue weighted by molar-refractivity contribution is 7.92. The number of alkyl halides is 3. The van der Waals surface area contributed by atoms with Gasteiger partial charge in [-0.1, -0.05) is 23.7 Å². The zero-order valence-corrected chi connectivity index (χ0v) is 29.9. The second kappa shape index (κ2) is 15.2. The fourth-order valence-corrected chi connectivity index (χ4v) is 8.25. The van der Waals surface area contributed by atoms with E-state index < -0.39 is 43.8 Å². The van der Waals surface area contributed by atoms with Crippen LogP contribution in [0.25, 0.3) is 0 Å². The molecule has 3 aromatic carbocycles. The van der Waals surface area contributed by atoms with E-state index in [9.17, 15) is 21.6 Å². The van der Waals surface area contributed by atoms with Crippen LogP contribution in [0.15, 0.2) is 72.0 Å². The number of rotatable bonds is 12. The first-order valence-corrected chi connectivity index (χ1v) is 17.7. The quantitative estimate of drug-likeness (QED) is 0.139. The number of nitrogens with zero attached hydrogens (tertiary/aromatic N) is 5. The predicted molar refractivity (Wildman–Crippen MR) is 184 cm³/mol. The third-order valence-corrected chi connectivity index (χ3v) is 11.5. The number of aryl methyl sites for hydroxylation is 1. The fraction of sp³-hybridized carbons (Fsp3) is 0.371. The van der Waals surface area contributed by atoms with Gasteiger partial charge in [0.2, 0.25) is 0 Å². The second-order valence-electron chi connectivity index (χ2n) is 12.4. The average molecular weight is 754 g/mol. The van der Waals surface area contributed by atoms with Crippen molar-refractivity contribution in [3.05, 3.63) is 100 Å². The van der Waals surface area contributed by atoms with Crippen molar-refractivity contribution in [1.29, 1.82) is 0 Å². The first-order valence-electron chi connectivity index (χ1n) is 15.9. The number of methoxy groups -OCH3 is 2. The SMILES string of the molecule is COc1ccc(CN(c2ccncn2)S(=O)(=O)c2c(F)cc(N3CCCC(CCc4cccc(C(F)(F)F)c4Cl)(N(C)C)C3)cc2F)c(OC)c1. The van der Waals surface area contributed by atoms with Crippen molar-refractivity contribution in [2.24, 2.45) is 0 Å². The van der Waals surface area contributed by atoms with E-state index in [2.05, 4.69) is 9.97 Å². The highest BCUT2D eigenvalue weighted by Gasteiger charge is 2.40. The third kappa shape index (κ3) is 8.00. The lowest BCUT2D eigenvalue weighted by Crippen LogP contribution is -2.56. The molecule has 51 heavy (non-hydrogen) atoms. The molecule has 2 heterocycles. The summed E-state index contributed by atoms with van der Waals surface area (Å²) >= 11 is 6.18. The van der Waals surface area contributed by atoms with Gasteiger partial charge in [-0.25, -0.2) is 31.5 Å². The van der Waals surface area contributed by atoms with Crippen LogP contribution in [-0.2, 0) is 29.2 Å². The number of benzene rings is 3. The molecule has 0 saturated carbocycles. The number of aromatic nitrogens is 2. The van der Waals surface area contributed by atoms with E-state index in [0.29, 0.717) is 42.7 Å². The molecule has 1 unspecified atom stereocenters. The maximum atomic E-state index is 16.1. The monoisotopic (exact) mass is 753 g/mol. The van der Waals surface area contributed by atoms with Crippen LogP contribution in [0, 0.1) is 11.6 Å². The van der Waals surface area contributed by atoms with Crippen LogP contribution in [0.3, 0.4) is 0 Å². The number of hydrogen-bond acceptors (Lipinski definition) is 8. The molecule has 0 radical (unpaired) electrons. The van der Waals surface area contributed by atoms with Crippen LogP contribution in [0.4, 0.5) is 33.5 Å². The summed E-state index contributed by atoms with van der Waals surface area (Å²) in [5, 5.41) is -0.353. The average Bonchev–Trinajstić information content (AvgIpc) is 3.09. The molecule has 274 valence electrons. The van der Waals surface area contributed by atoms with Crippen molar-refractivity contribution in [3.63, 3.8) is 0 Å². The minimum absolute atomic E-state index is 0.123. The molecule has 1 saturated heterocycles. The zero-order valence-electron chi connectivity index (χ0n) is 28.3. The highest BCUT2D eigenvalue weighted by Crippen LogP contribution is 2.40. The normalized spacial score (nSPS) is 16.7. The van der Waals surface area contributed by atoms with Gasteiger partial charge in [-0.3, -0.25) is 0 Å². The molecule has 1 aliphatic heterocycles. The molecule has 1 aliphatic rings. The van der Waals surface area contributed by atoms with Gasteiger partial charge in [0.05, 0.1) is 31.4 Å². The Kier molecular flexibility index (Phi) is 11.3. The first kappa shape index (κ1) is 38.0. The predicted octanol–water partition coefficient (Wildman–Crippen LogP) is 7.37. The number of piperidine rings is 1. The lowest BCUT2D eigenvalue weighted by molar-refractivity contribution is -0.137. The standard InChI is InChI=1S/C35H37ClF5N5O4S/c1-44(2)34(14-11-23-7-5-8-27(32(23)36)35(39,40)41)13-6-16-45(21-34)25-17-28(37)33(29(38)18-25)51(47,48)46(31-12-15-42-22-43-31)20-24-9-10-26(49-3)19-30(24)50-4/h5,7-10,12,15,17-19,22H,6,11,13-14,16,20-21H2,1-4H3. The molecule has 0 bridgehead atoms. The molecule has 0 aliphatic carbocycles. The van der Waals surface area contributed by atoms with E-state index in [1.807, 2.05) is 19.0 Å². The van der Waals surface area contributed by atoms with Crippen molar-refractivity contribution in [2.45, 2.75) is 48.8 Å². The maximum absolute atomic E-state index is 16.1. The summed E-state index contributed by atoms with van der Waals surface area (Å²) in [4.78, 5) is 10.4. The van der Waals surface area contributed by atoms with E-state index >= 15 is 8.78 Å². The molecule has 0 amide bonds. The molecular weight excluding hydrogens is 717 g/mol. The van der Waals surface area contributed by atoms with E-state index in [1.165, 1.54) is 32.5 Å². The van der Waals surface area contributed by atoms with E-state index in [0.717, 1.165) is 28.8 Å². The maximum Gasteiger partial charge on any atom is 0.417 e. The van der Waals surface area contributed by atoms with Crippen LogP contribution in [0.5, 0.6) is 11.5 Å². The van der Waals surface area contributed by atoms with Gasteiger partial charge in [-0.2, -0.15) is 13.2 Å². The molecule has 0 N–H and O–H groups in total. The fourth-order valence-electron chi connectivity index (χ4n) is 6.43. The van der Waals surface area contributed by atoms with Gasteiger partial charge in [0.15, 0.2) is 4.90 Å². The van der Waals surface area contributed by atoms with Crippen LogP contribution < -0.4 is 18.7 Å². The van der Waals surface area contributed by atoms with Gasteiger partial charge in [-0.05, 0) is 75.7 Å². The molecule has 9 nitrogen and oxygen atoms in total. The summed E-state index contributed by atoms with van der Waals surface area (Å²) < 4.78 is 112. The van der Waals surface area contributed by atoms with E-state index in [1.54, 1.807) is 29.2 Å². The molecule has 1 aromatic heterocycles. The first-order chi connectivity index (χ1) is 24.1. The van der Waals surface area contributed by atoms with Crippen LogP contribution in [-0.4, -0.2) is 70.2 Å². The van der Waals surface area contributed by atoms with Crippen molar-refractivity contribution < 1.29 is 39.8 Å². The third-order valence-electron chi connectivity index (χ3n) is 9.27. The summed E-state index contributed by atoms with van der Waals surface area (Å²) in [6.07, 6.45) is -0.288. The van der Waals surface area contributed by atoms with Crippen molar-refractivity contribution >= 4 is 33.1 Å². The van der Waals surface area contributed by atoms with Gasteiger partial charge in [0.1, 0.15) is 35.3 Å². The number of halogens is 6. The topological polar surface area (TPSA) is 88.1 Å². The Morgan fingerprint density at radius 2 is 1.73 bits per heavy atom. The van der Waals surface area contributed by atoms with Crippen molar-refractivity contribution in [3.8, 4) is 11.5 Å². The van der Waals surface area contributed by atoms with Crippen molar-refractivity contribution in [1.82, 2.24) is 14.9 Å².